The van der Waals surface area contributed by atoms with Crippen LogP contribution in [0.3, 0.4) is 0 Å². The Labute approximate surface area is 97.8 Å². The molecule has 0 aromatic carbocycles. The molecule has 2 nitrogen and oxygen atoms in total. The van der Waals surface area contributed by atoms with Crippen LogP contribution in [0, 0.1) is 5.92 Å². The number of hydrogen-bond acceptors (Lipinski definition) is 1. The minimum absolute atomic E-state index is 0.0966. The molecule has 88 valence electrons. The summed E-state index contributed by atoms with van der Waals surface area (Å²) in [4.78, 5) is 11.9. The normalized spacial score (nSPS) is 21.3. The molecule has 1 N–H and O–H groups in total. The highest BCUT2D eigenvalue weighted by Crippen LogP contribution is 2.31. The zero-order chi connectivity index (χ0) is 11.3. The van der Waals surface area contributed by atoms with Gasteiger partial charge in [-0.25, -0.2) is 0 Å². The van der Waals surface area contributed by atoms with Crippen molar-refractivity contribution >= 4 is 17.5 Å². The third-order valence-electron chi connectivity index (χ3n) is 3.37. The van der Waals surface area contributed by atoms with Gasteiger partial charge in [0.2, 0.25) is 5.91 Å². The molecular weight excluding hydrogens is 210 g/mol. The largest absolute Gasteiger partial charge is 0.349 e. The molecule has 1 rings (SSSR count). The fourth-order valence-electron chi connectivity index (χ4n) is 2.29. The van der Waals surface area contributed by atoms with Gasteiger partial charge in [0.15, 0.2) is 0 Å². The van der Waals surface area contributed by atoms with Crippen LogP contribution in [0.15, 0.2) is 0 Å². The highest BCUT2D eigenvalue weighted by molar-refractivity contribution is 6.18. The van der Waals surface area contributed by atoms with Crippen LogP contribution in [-0.2, 0) is 4.79 Å². The Morgan fingerprint density at radius 2 is 2.07 bits per heavy atom. The Bertz CT molecular complexity index is 212. The minimum Gasteiger partial charge on any atom is -0.349 e. The van der Waals surface area contributed by atoms with Gasteiger partial charge in [-0.15, -0.1) is 11.6 Å². The highest BCUT2D eigenvalue weighted by atomic mass is 35.5. The molecule has 0 aromatic heterocycles. The summed E-state index contributed by atoms with van der Waals surface area (Å²) in [7, 11) is 0. The van der Waals surface area contributed by atoms with E-state index in [1.54, 1.807) is 0 Å². The van der Waals surface area contributed by atoms with Crippen LogP contribution in [0.1, 0.15) is 52.4 Å². The molecule has 1 saturated carbocycles. The van der Waals surface area contributed by atoms with E-state index in [1.807, 2.05) is 6.92 Å². The van der Waals surface area contributed by atoms with Crippen molar-refractivity contribution in [2.24, 2.45) is 5.92 Å². The number of rotatable bonds is 5. The number of halogens is 1. The first-order chi connectivity index (χ1) is 7.13. The highest BCUT2D eigenvalue weighted by Gasteiger charge is 2.35. The fourth-order valence-corrected chi connectivity index (χ4v) is 2.63. The van der Waals surface area contributed by atoms with Gasteiger partial charge >= 0.3 is 0 Å². The van der Waals surface area contributed by atoms with Crippen LogP contribution >= 0.6 is 11.6 Å². The Hall–Kier alpha value is -0.240. The first kappa shape index (κ1) is 12.8. The van der Waals surface area contributed by atoms with Crippen LogP contribution < -0.4 is 5.32 Å². The lowest BCUT2D eigenvalue weighted by Gasteiger charge is -2.29. The van der Waals surface area contributed by atoms with E-state index in [0.29, 0.717) is 5.88 Å². The molecule has 0 aliphatic heterocycles. The van der Waals surface area contributed by atoms with E-state index in [-0.39, 0.29) is 17.4 Å². The Kier molecular flexibility index (Phi) is 4.91. The summed E-state index contributed by atoms with van der Waals surface area (Å²) < 4.78 is 0. The molecule has 0 spiro atoms. The van der Waals surface area contributed by atoms with E-state index in [4.69, 9.17) is 11.6 Å². The topological polar surface area (TPSA) is 29.1 Å². The van der Waals surface area contributed by atoms with E-state index in [9.17, 15) is 4.79 Å². The molecule has 0 aromatic rings. The first-order valence-corrected chi connectivity index (χ1v) is 6.55. The first-order valence-electron chi connectivity index (χ1n) is 6.01. The van der Waals surface area contributed by atoms with E-state index in [0.717, 1.165) is 25.7 Å². The number of hydrogen-bond donors (Lipinski definition) is 1. The van der Waals surface area contributed by atoms with Crippen molar-refractivity contribution in [1.82, 2.24) is 5.32 Å². The molecule has 1 amide bonds. The number of nitrogens with one attached hydrogen (secondary N) is 1. The lowest BCUT2D eigenvalue weighted by molar-refractivity contribution is -0.126. The molecule has 1 fully saturated rings. The summed E-state index contributed by atoms with van der Waals surface area (Å²) in [5.41, 5.74) is -0.0966. The van der Waals surface area contributed by atoms with Crippen LogP contribution in [0.25, 0.3) is 0 Å². The van der Waals surface area contributed by atoms with Gasteiger partial charge in [0.25, 0.3) is 0 Å². The van der Waals surface area contributed by atoms with E-state index in [2.05, 4.69) is 12.2 Å². The van der Waals surface area contributed by atoms with Crippen LogP contribution in [0.2, 0.25) is 0 Å². The summed E-state index contributed by atoms with van der Waals surface area (Å²) in [6.45, 7) is 4.10. The van der Waals surface area contributed by atoms with Crippen molar-refractivity contribution in [1.29, 1.82) is 0 Å². The lowest BCUT2D eigenvalue weighted by atomic mass is 9.97. The Morgan fingerprint density at radius 1 is 1.47 bits per heavy atom. The van der Waals surface area contributed by atoms with Crippen molar-refractivity contribution in [3.63, 3.8) is 0 Å². The number of amides is 1. The summed E-state index contributed by atoms with van der Waals surface area (Å²) in [6, 6.07) is 0. The molecule has 3 heteroatoms. The maximum atomic E-state index is 11.9. The number of carbonyl (C=O) groups excluding carboxylic acids is 1. The van der Waals surface area contributed by atoms with E-state index < -0.39 is 0 Å². The monoisotopic (exact) mass is 231 g/mol. The van der Waals surface area contributed by atoms with Crippen molar-refractivity contribution in [3.8, 4) is 0 Å². The maximum absolute atomic E-state index is 11.9. The molecule has 0 radical (unpaired) electrons. The van der Waals surface area contributed by atoms with Crippen molar-refractivity contribution in [3.05, 3.63) is 0 Å². The third-order valence-corrected chi connectivity index (χ3v) is 3.89. The lowest BCUT2D eigenvalue weighted by Crippen LogP contribution is -2.49. The van der Waals surface area contributed by atoms with Gasteiger partial charge in [0, 0.05) is 11.8 Å². The molecule has 0 bridgehead atoms. The summed E-state index contributed by atoms with van der Waals surface area (Å²) in [6.07, 6.45) is 6.49. The molecule has 1 aliphatic carbocycles. The second kappa shape index (κ2) is 5.74. The molecule has 1 unspecified atom stereocenters. The number of carbonyl (C=O) groups is 1. The van der Waals surface area contributed by atoms with E-state index >= 15 is 0 Å². The molecule has 0 saturated heterocycles. The SMILES string of the molecule is CCCC(C)C(=O)NC1(CCl)CCCC1. The fraction of sp³-hybridized carbons (Fsp3) is 0.917. The van der Waals surface area contributed by atoms with Gasteiger partial charge in [0.1, 0.15) is 0 Å². The quantitative estimate of drug-likeness (QED) is 0.724. The van der Waals surface area contributed by atoms with Crippen LogP contribution in [0.4, 0.5) is 0 Å². The number of alkyl halides is 1. The zero-order valence-electron chi connectivity index (χ0n) is 9.81. The zero-order valence-corrected chi connectivity index (χ0v) is 10.6. The van der Waals surface area contributed by atoms with Gasteiger partial charge < -0.3 is 5.32 Å². The molecule has 1 aliphatic rings. The molecular formula is C12H22ClNO. The maximum Gasteiger partial charge on any atom is 0.223 e. The van der Waals surface area contributed by atoms with Gasteiger partial charge in [-0.05, 0) is 19.3 Å². The van der Waals surface area contributed by atoms with Gasteiger partial charge in [-0.3, -0.25) is 4.79 Å². The second-order valence-electron chi connectivity index (χ2n) is 4.80. The molecule has 1 atom stereocenters. The van der Waals surface area contributed by atoms with Gasteiger partial charge in [-0.2, -0.15) is 0 Å². The van der Waals surface area contributed by atoms with Crippen LogP contribution in [-0.4, -0.2) is 17.3 Å². The predicted octanol–water partition coefficient (Wildman–Crippen LogP) is 3.09. The third kappa shape index (κ3) is 3.37. The predicted molar refractivity (Wildman–Crippen MR) is 64.1 cm³/mol. The van der Waals surface area contributed by atoms with Crippen LogP contribution in [0.5, 0.6) is 0 Å². The smallest absolute Gasteiger partial charge is 0.223 e. The Morgan fingerprint density at radius 3 is 2.53 bits per heavy atom. The van der Waals surface area contributed by atoms with Crippen molar-refractivity contribution in [2.75, 3.05) is 5.88 Å². The average molecular weight is 232 g/mol. The molecule has 15 heavy (non-hydrogen) atoms. The summed E-state index contributed by atoms with van der Waals surface area (Å²) in [5, 5.41) is 3.16. The average Bonchev–Trinajstić information content (AvgIpc) is 2.67. The van der Waals surface area contributed by atoms with Crippen molar-refractivity contribution < 1.29 is 4.79 Å². The molecule has 0 heterocycles. The Balaban J connectivity index is 2.48. The van der Waals surface area contributed by atoms with Gasteiger partial charge in [-0.1, -0.05) is 33.1 Å². The summed E-state index contributed by atoms with van der Waals surface area (Å²) in [5.74, 6) is 0.854. The van der Waals surface area contributed by atoms with E-state index in [1.165, 1.54) is 12.8 Å². The van der Waals surface area contributed by atoms with Crippen molar-refractivity contribution in [2.45, 2.75) is 57.9 Å². The van der Waals surface area contributed by atoms with Gasteiger partial charge in [0.05, 0.1) is 5.54 Å². The standard InChI is InChI=1S/C12H22ClNO/c1-3-6-10(2)11(15)14-12(9-13)7-4-5-8-12/h10H,3-9H2,1-2H3,(H,14,15). The minimum atomic E-state index is -0.0966. The summed E-state index contributed by atoms with van der Waals surface area (Å²) >= 11 is 5.98. The second-order valence-corrected chi connectivity index (χ2v) is 5.07.